The summed E-state index contributed by atoms with van der Waals surface area (Å²) in [4.78, 5) is 0. The molecule has 0 nitrogen and oxygen atoms in total. The van der Waals surface area contributed by atoms with Gasteiger partial charge in [-0.2, -0.15) is 6.92 Å². The van der Waals surface area contributed by atoms with Gasteiger partial charge in [0.05, 0.1) is 0 Å². The van der Waals surface area contributed by atoms with Gasteiger partial charge in [-0.25, -0.2) is 0 Å². The molecule has 0 N–H and O–H groups in total. The fourth-order valence-electron chi connectivity index (χ4n) is 0.714. The molecule has 0 unspecified atom stereocenters. The molecule has 0 aromatic heterocycles. The molecule has 64 valence electrons. The van der Waals surface area contributed by atoms with Crippen molar-refractivity contribution in [3.8, 4) is 0 Å². The average Bonchev–Trinajstić information content (AvgIpc) is 2.10. The zero-order valence-electron chi connectivity index (χ0n) is 7.89. The maximum absolute atomic E-state index is 3.25. The second-order valence-corrected chi connectivity index (χ2v) is 1.84. The number of halogens is 1. The molecule has 0 aliphatic carbocycles. The third-order valence-corrected chi connectivity index (χ3v) is 1.25. The van der Waals surface area contributed by atoms with Crippen LogP contribution in [0.15, 0.2) is 30.3 Å². The van der Waals surface area contributed by atoms with Crippen molar-refractivity contribution >= 4 is 23.1 Å². The molecule has 0 aliphatic rings. The standard InChI is InChI=1S/C8H10.C2H5.BrH.Mg/c1-2-8-6-4-3-5-7-8;1-2;;/h3-7H,2H2,1H3;1H2,2H3;1H;/q;-1;;+2/p-1. The summed E-state index contributed by atoms with van der Waals surface area (Å²) in [5, 5.41) is 0. The summed E-state index contributed by atoms with van der Waals surface area (Å²) in [6.07, 6.45) is 1.14. The Morgan fingerprint density at radius 3 is 1.75 bits per heavy atom. The van der Waals surface area contributed by atoms with Gasteiger partial charge in [0.2, 0.25) is 0 Å². The van der Waals surface area contributed by atoms with Crippen LogP contribution in [0.5, 0.6) is 0 Å². The van der Waals surface area contributed by atoms with E-state index < -0.39 is 0 Å². The number of rotatable bonds is 1. The molecule has 0 saturated heterocycles. The molecule has 0 spiro atoms. The summed E-state index contributed by atoms with van der Waals surface area (Å²) in [6.45, 7) is 7.16. The second kappa shape index (κ2) is 14.0. The van der Waals surface area contributed by atoms with E-state index in [1.165, 1.54) is 5.56 Å². The molecule has 12 heavy (non-hydrogen) atoms. The number of benzene rings is 1. The van der Waals surface area contributed by atoms with Crippen LogP contribution in [0.1, 0.15) is 19.4 Å². The predicted octanol–water partition coefficient (Wildman–Crippen LogP) is -0.287. The largest absolute Gasteiger partial charge is 2.00 e. The molecule has 1 rings (SSSR count). The summed E-state index contributed by atoms with van der Waals surface area (Å²) in [5.41, 5.74) is 1.41. The summed E-state index contributed by atoms with van der Waals surface area (Å²) >= 11 is 0. The quantitative estimate of drug-likeness (QED) is 0.467. The van der Waals surface area contributed by atoms with Crippen LogP contribution >= 0.6 is 0 Å². The first kappa shape index (κ1) is 18.3. The van der Waals surface area contributed by atoms with Crippen molar-refractivity contribution in [2.45, 2.75) is 20.3 Å². The SMILES string of the molecule is CCc1ccccc1.[Br-].[CH2-]C.[Mg+2]. The zero-order valence-corrected chi connectivity index (χ0v) is 10.9. The summed E-state index contributed by atoms with van der Waals surface area (Å²) < 4.78 is 0. The number of aryl methyl sites for hydroxylation is 1. The molecule has 0 aliphatic heterocycles. The first-order valence-electron chi connectivity index (χ1n) is 3.68. The molecule has 1 aromatic rings. The maximum Gasteiger partial charge on any atom is 2.00 e. The van der Waals surface area contributed by atoms with E-state index in [4.69, 9.17) is 0 Å². The van der Waals surface area contributed by atoms with Gasteiger partial charge in [0.25, 0.3) is 0 Å². The fourth-order valence-corrected chi connectivity index (χ4v) is 0.714. The van der Waals surface area contributed by atoms with Gasteiger partial charge in [-0.3, -0.25) is 0 Å². The Balaban J connectivity index is -0.000000189. The van der Waals surface area contributed by atoms with E-state index in [2.05, 4.69) is 38.1 Å². The minimum Gasteiger partial charge on any atom is -1.00 e. The minimum atomic E-state index is 0. The molecular formula is C10H15BrMg. The molecule has 0 heterocycles. The first-order valence-corrected chi connectivity index (χ1v) is 3.68. The Labute approximate surface area is 103 Å². The van der Waals surface area contributed by atoms with Crippen LogP contribution < -0.4 is 17.0 Å². The van der Waals surface area contributed by atoms with Crippen LogP contribution in [0.2, 0.25) is 0 Å². The third kappa shape index (κ3) is 8.56. The van der Waals surface area contributed by atoms with Gasteiger partial charge in [-0.1, -0.05) is 37.3 Å². The topological polar surface area (TPSA) is 0 Å². The van der Waals surface area contributed by atoms with E-state index in [0.29, 0.717) is 0 Å². The second-order valence-electron chi connectivity index (χ2n) is 1.84. The van der Waals surface area contributed by atoms with Crippen LogP contribution in [0.4, 0.5) is 0 Å². The van der Waals surface area contributed by atoms with Crippen LogP contribution in [-0.4, -0.2) is 23.1 Å². The summed E-state index contributed by atoms with van der Waals surface area (Å²) in [6, 6.07) is 10.5. The van der Waals surface area contributed by atoms with E-state index >= 15 is 0 Å². The van der Waals surface area contributed by atoms with Crippen LogP contribution in [0.3, 0.4) is 0 Å². The van der Waals surface area contributed by atoms with E-state index in [9.17, 15) is 0 Å². The Bertz CT molecular complexity index is 151. The van der Waals surface area contributed by atoms with E-state index in [-0.39, 0.29) is 40.0 Å². The van der Waals surface area contributed by atoms with Crippen molar-refractivity contribution in [1.29, 1.82) is 0 Å². The van der Waals surface area contributed by atoms with E-state index in [0.717, 1.165) is 6.42 Å². The van der Waals surface area contributed by atoms with Crippen molar-refractivity contribution in [3.05, 3.63) is 42.8 Å². The van der Waals surface area contributed by atoms with Crippen molar-refractivity contribution in [2.24, 2.45) is 0 Å². The molecule has 0 radical (unpaired) electrons. The normalized spacial score (nSPS) is 6.58. The molecule has 2 heteroatoms. The van der Waals surface area contributed by atoms with Gasteiger partial charge in [0.1, 0.15) is 0 Å². The smallest absolute Gasteiger partial charge is 1.00 e. The Morgan fingerprint density at radius 1 is 1.08 bits per heavy atom. The van der Waals surface area contributed by atoms with Crippen molar-refractivity contribution < 1.29 is 17.0 Å². The summed E-state index contributed by atoms with van der Waals surface area (Å²) in [7, 11) is 0. The molecule has 0 saturated carbocycles. The fraction of sp³-hybridized carbons (Fsp3) is 0.300. The van der Waals surface area contributed by atoms with Crippen molar-refractivity contribution in [1.82, 2.24) is 0 Å². The molecule has 0 atom stereocenters. The monoisotopic (exact) mass is 238 g/mol. The zero-order chi connectivity index (χ0) is 7.82. The Kier molecular flexibility index (Phi) is 21.4. The first-order chi connectivity index (χ1) is 4.93. The maximum atomic E-state index is 3.25. The van der Waals surface area contributed by atoms with Crippen LogP contribution in [-0.2, 0) is 6.42 Å². The van der Waals surface area contributed by atoms with Gasteiger partial charge in [0, 0.05) is 0 Å². The van der Waals surface area contributed by atoms with Gasteiger partial charge >= 0.3 is 23.1 Å². The van der Waals surface area contributed by atoms with Crippen LogP contribution in [0, 0.1) is 6.92 Å². The minimum absolute atomic E-state index is 0. The van der Waals surface area contributed by atoms with Gasteiger partial charge < -0.3 is 23.9 Å². The Hall–Kier alpha value is 0.466. The molecule has 0 amide bonds. The molecule has 0 bridgehead atoms. The van der Waals surface area contributed by atoms with Crippen molar-refractivity contribution in [3.63, 3.8) is 0 Å². The third-order valence-electron chi connectivity index (χ3n) is 1.25. The molecule has 1 aromatic carbocycles. The predicted molar refractivity (Wildman–Crippen MR) is 52.6 cm³/mol. The Morgan fingerprint density at radius 2 is 1.50 bits per heavy atom. The number of hydrogen-bond donors (Lipinski definition) is 0. The average molecular weight is 239 g/mol. The van der Waals surface area contributed by atoms with Gasteiger partial charge in [-0.15, -0.1) is 0 Å². The molecular weight excluding hydrogens is 224 g/mol. The molecule has 0 fully saturated rings. The number of hydrogen-bond acceptors (Lipinski definition) is 0. The van der Waals surface area contributed by atoms with E-state index in [1.54, 1.807) is 6.92 Å². The summed E-state index contributed by atoms with van der Waals surface area (Å²) in [5.74, 6) is 0. The van der Waals surface area contributed by atoms with Crippen molar-refractivity contribution in [2.75, 3.05) is 0 Å². The van der Waals surface area contributed by atoms with Crippen LogP contribution in [0.25, 0.3) is 0 Å². The van der Waals surface area contributed by atoms with E-state index in [1.807, 2.05) is 6.07 Å². The van der Waals surface area contributed by atoms with Gasteiger partial charge in [-0.05, 0) is 12.0 Å². The van der Waals surface area contributed by atoms with Gasteiger partial charge in [0.15, 0.2) is 0 Å².